The van der Waals surface area contributed by atoms with Crippen LogP contribution in [0.3, 0.4) is 0 Å². The second kappa shape index (κ2) is 8.26. The molecule has 0 aliphatic heterocycles. The summed E-state index contributed by atoms with van der Waals surface area (Å²) in [5, 5.41) is 16.3. The molecular formula is C18H22N6O2S. The maximum atomic E-state index is 12.2. The molecule has 2 aromatic heterocycles. The number of aromatic nitrogens is 5. The lowest BCUT2D eigenvalue weighted by molar-refractivity contribution is -0.113. The van der Waals surface area contributed by atoms with E-state index >= 15 is 0 Å². The molecule has 2 heterocycles. The molecule has 0 radical (unpaired) electrons. The number of benzene rings is 1. The number of carbonyl (C=O) groups excluding carboxylic acids is 1. The van der Waals surface area contributed by atoms with Gasteiger partial charge in [-0.2, -0.15) is 0 Å². The maximum absolute atomic E-state index is 12.2. The fourth-order valence-corrected chi connectivity index (χ4v) is 3.42. The first-order valence-corrected chi connectivity index (χ1v) is 9.51. The van der Waals surface area contributed by atoms with Crippen LogP contribution in [-0.2, 0) is 18.4 Å². The van der Waals surface area contributed by atoms with Gasteiger partial charge in [0.15, 0.2) is 11.0 Å². The second-order valence-electron chi connectivity index (χ2n) is 5.98. The van der Waals surface area contributed by atoms with Gasteiger partial charge in [0.1, 0.15) is 5.56 Å². The van der Waals surface area contributed by atoms with E-state index in [1.807, 2.05) is 55.9 Å². The Kier molecular flexibility index (Phi) is 5.80. The highest BCUT2D eigenvalue weighted by Crippen LogP contribution is 2.29. The van der Waals surface area contributed by atoms with Gasteiger partial charge in [0.05, 0.1) is 12.9 Å². The van der Waals surface area contributed by atoms with Crippen LogP contribution in [0.2, 0.25) is 0 Å². The summed E-state index contributed by atoms with van der Waals surface area (Å²) in [7, 11) is 3.40. The van der Waals surface area contributed by atoms with Gasteiger partial charge in [0.25, 0.3) is 0 Å². The molecule has 1 amide bonds. The van der Waals surface area contributed by atoms with Crippen molar-refractivity contribution in [3.63, 3.8) is 0 Å². The number of ether oxygens (including phenoxy) is 1. The number of rotatable bonds is 7. The highest BCUT2D eigenvalue weighted by molar-refractivity contribution is 7.99. The van der Waals surface area contributed by atoms with Gasteiger partial charge in [-0.25, -0.2) is 0 Å². The fraction of sp³-hybridized carbons (Fsp3) is 0.333. The number of thioether (sulfide) groups is 1. The number of anilines is 1. The zero-order chi connectivity index (χ0) is 19.4. The first-order chi connectivity index (χ1) is 13.0. The number of hydrogen-bond donors (Lipinski definition) is 1. The van der Waals surface area contributed by atoms with Crippen molar-refractivity contribution in [2.24, 2.45) is 7.05 Å². The van der Waals surface area contributed by atoms with E-state index in [1.165, 1.54) is 11.8 Å². The third-order valence-corrected chi connectivity index (χ3v) is 4.90. The molecule has 0 bridgehead atoms. The lowest BCUT2D eigenvalue weighted by Crippen LogP contribution is -2.14. The SMILES string of the molecule is CCn1c(SCC(=O)Nc2ccc(C)cc2)nnc1-c1cn(C)nc1OC. The molecule has 0 spiro atoms. The molecular weight excluding hydrogens is 364 g/mol. The average molecular weight is 386 g/mol. The highest BCUT2D eigenvalue weighted by atomic mass is 32.2. The molecule has 0 fully saturated rings. The van der Waals surface area contributed by atoms with Crippen LogP contribution in [0.5, 0.6) is 5.88 Å². The van der Waals surface area contributed by atoms with Crippen LogP contribution < -0.4 is 10.1 Å². The van der Waals surface area contributed by atoms with E-state index in [0.29, 0.717) is 23.4 Å². The number of carbonyl (C=O) groups is 1. The molecule has 0 aliphatic rings. The molecule has 8 nitrogen and oxygen atoms in total. The Balaban J connectivity index is 1.71. The van der Waals surface area contributed by atoms with Crippen LogP contribution in [-0.4, -0.2) is 43.3 Å². The summed E-state index contributed by atoms with van der Waals surface area (Å²) in [5.41, 5.74) is 2.70. The van der Waals surface area contributed by atoms with Gasteiger partial charge in [0, 0.05) is 25.5 Å². The number of nitrogens with zero attached hydrogens (tertiary/aromatic N) is 5. The maximum Gasteiger partial charge on any atom is 0.243 e. The predicted molar refractivity (Wildman–Crippen MR) is 105 cm³/mol. The van der Waals surface area contributed by atoms with Crippen molar-refractivity contribution in [1.29, 1.82) is 0 Å². The van der Waals surface area contributed by atoms with Crippen molar-refractivity contribution >= 4 is 23.4 Å². The molecule has 1 aromatic carbocycles. The minimum Gasteiger partial charge on any atom is -0.479 e. The summed E-state index contributed by atoms with van der Waals surface area (Å²) in [5.74, 6) is 1.32. The molecule has 0 saturated heterocycles. The minimum atomic E-state index is -0.0879. The topological polar surface area (TPSA) is 86.9 Å². The summed E-state index contributed by atoms with van der Waals surface area (Å²) in [6, 6.07) is 7.70. The Bertz CT molecular complexity index is 932. The molecule has 9 heteroatoms. The molecule has 0 atom stereocenters. The van der Waals surface area contributed by atoms with Crippen LogP contribution in [0.15, 0.2) is 35.6 Å². The molecule has 0 saturated carbocycles. The van der Waals surface area contributed by atoms with Crippen LogP contribution in [0.4, 0.5) is 5.69 Å². The molecule has 1 N–H and O–H groups in total. The van der Waals surface area contributed by atoms with Crippen molar-refractivity contribution in [2.75, 3.05) is 18.2 Å². The standard InChI is InChI=1S/C18H22N6O2S/c1-5-24-16(14-10-23(3)22-17(14)26-4)20-21-18(24)27-11-15(25)19-13-8-6-12(2)7-9-13/h6-10H,5,11H2,1-4H3,(H,19,25). The zero-order valence-electron chi connectivity index (χ0n) is 15.8. The predicted octanol–water partition coefficient (Wildman–Crippen LogP) is 2.75. The van der Waals surface area contributed by atoms with E-state index in [2.05, 4.69) is 20.6 Å². The van der Waals surface area contributed by atoms with Gasteiger partial charge in [0.2, 0.25) is 11.8 Å². The third kappa shape index (κ3) is 4.30. The van der Waals surface area contributed by atoms with Gasteiger partial charge in [-0.15, -0.1) is 15.3 Å². The van der Waals surface area contributed by atoms with E-state index in [4.69, 9.17) is 4.74 Å². The Morgan fingerprint density at radius 3 is 2.67 bits per heavy atom. The minimum absolute atomic E-state index is 0.0879. The monoisotopic (exact) mass is 386 g/mol. The largest absolute Gasteiger partial charge is 0.479 e. The first-order valence-electron chi connectivity index (χ1n) is 8.52. The number of methoxy groups -OCH3 is 1. The number of aryl methyl sites for hydroxylation is 2. The van der Waals surface area contributed by atoms with E-state index in [1.54, 1.807) is 11.8 Å². The van der Waals surface area contributed by atoms with E-state index in [-0.39, 0.29) is 11.7 Å². The fourth-order valence-electron chi connectivity index (χ4n) is 2.62. The van der Waals surface area contributed by atoms with Crippen molar-refractivity contribution in [2.45, 2.75) is 25.5 Å². The van der Waals surface area contributed by atoms with Crippen molar-refractivity contribution in [3.8, 4) is 17.3 Å². The molecule has 27 heavy (non-hydrogen) atoms. The van der Waals surface area contributed by atoms with E-state index < -0.39 is 0 Å². The van der Waals surface area contributed by atoms with Crippen molar-refractivity contribution in [1.82, 2.24) is 24.5 Å². The molecule has 0 unspecified atom stereocenters. The summed E-state index contributed by atoms with van der Waals surface area (Å²) < 4.78 is 8.94. The lowest BCUT2D eigenvalue weighted by Gasteiger charge is -2.08. The van der Waals surface area contributed by atoms with Gasteiger partial charge in [-0.3, -0.25) is 9.48 Å². The average Bonchev–Trinajstić information content (AvgIpc) is 3.24. The van der Waals surface area contributed by atoms with Crippen LogP contribution in [0.25, 0.3) is 11.4 Å². The number of amides is 1. The van der Waals surface area contributed by atoms with E-state index in [9.17, 15) is 4.79 Å². The Morgan fingerprint density at radius 1 is 1.26 bits per heavy atom. The summed E-state index contributed by atoms with van der Waals surface area (Å²) in [6.45, 7) is 4.68. The van der Waals surface area contributed by atoms with Crippen LogP contribution in [0, 0.1) is 6.92 Å². The molecule has 142 valence electrons. The Morgan fingerprint density at radius 2 is 2.00 bits per heavy atom. The van der Waals surface area contributed by atoms with Gasteiger partial charge in [-0.1, -0.05) is 29.5 Å². The number of nitrogens with one attached hydrogen (secondary N) is 1. The summed E-state index contributed by atoms with van der Waals surface area (Å²) in [6.07, 6.45) is 1.84. The van der Waals surface area contributed by atoms with Crippen molar-refractivity contribution < 1.29 is 9.53 Å². The molecule has 0 aliphatic carbocycles. The van der Waals surface area contributed by atoms with E-state index in [0.717, 1.165) is 16.8 Å². The summed E-state index contributed by atoms with van der Waals surface area (Å²) >= 11 is 1.35. The highest BCUT2D eigenvalue weighted by Gasteiger charge is 2.20. The lowest BCUT2D eigenvalue weighted by atomic mass is 10.2. The Hall–Kier alpha value is -2.81. The normalized spacial score (nSPS) is 10.8. The molecule has 3 rings (SSSR count). The third-order valence-electron chi connectivity index (χ3n) is 3.93. The first kappa shape index (κ1) is 19.0. The smallest absolute Gasteiger partial charge is 0.243 e. The van der Waals surface area contributed by atoms with Gasteiger partial charge >= 0.3 is 0 Å². The Labute approximate surface area is 161 Å². The van der Waals surface area contributed by atoms with Crippen LogP contribution >= 0.6 is 11.8 Å². The zero-order valence-corrected chi connectivity index (χ0v) is 16.6. The number of hydrogen-bond acceptors (Lipinski definition) is 6. The van der Waals surface area contributed by atoms with Gasteiger partial charge in [-0.05, 0) is 26.0 Å². The second-order valence-corrected chi connectivity index (χ2v) is 6.92. The van der Waals surface area contributed by atoms with Gasteiger partial charge < -0.3 is 14.6 Å². The quantitative estimate of drug-likeness (QED) is 0.628. The summed E-state index contributed by atoms with van der Waals surface area (Å²) in [4.78, 5) is 12.2. The van der Waals surface area contributed by atoms with Crippen LogP contribution in [0.1, 0.15) is 12.5 Å². The molecule has 3 aromatic rings. The van der Waals surface area contributed by atoms with Crippen molar-refractivity contribution in [3.05, 3.63) is 36.0 Å².